The highest BCUT2D eigenvalue weighted by Crippen LogP contribution is 2.42. The van der Waals surface area contributed by atoms with Gasteiger partial charge in [-0.25, -0.2) is 0 Å². The van der Waals surface area contributed by atoms with Crippen molar-refractivity contribution in [2.75, 3.05) is 7.11 Å². The van der Waals surface area contributed by atoms with Crippen molar-refractivity contribution in [3.05, 3.63) is 23.0 Å². The van der Waals surface area contributed by atoms with Gasteiger partial charge >= 0.3 is 0 Å². The van der Waals surface area contributed by atoms with E-state index < -0.39 is 0 Å². The fraction of sp³-hybridized carbons (Fsp3) is 0.667. The third kappa shape index (κ3) is 2.29. The smallest absolute Gasteiger partial charge is 0.120 e. The van der Waals surface area contributed by atoms with Crippen LogP contribution in [-0.2, 0) is 18.3 Å². The van der Waals surface area contributed by atoms with Crippen LogP contribution in [0.2, 0.25) is 0 Å². The molecule has 104 valence electrons. The molecule has 4 heteroatoms. The number of rotatable bonds is 4. The van der Waals surface area contributed by atoms with Crippen LogP contribution in [0.4, 0.5) is 0 Å². The molecule has 0 saturated heterocycles. The van der Waals surface area contributed by atoms with E-state index in [1.54, 1.807) is 7.11 Å². The third-order valence-electron chi connectivity index (χ3n) is 4.76. The van der Waals surface area contributed by atoms with Gasteiger partial charge in [-0.2, -0.15) is 5.26 Å². The first-order valence-electron chi connectivity index (χ1n) is 6.73. The molecule has 4 nitrogen and oxygen atoms in total. The minimum Gasteiger partial charge on any atom is -0.381 e. The van der Waals surface area contributed by atoms with Gasteiger partial charge in [0.05, 0.1) is 6.10 Å². The molecule has 2 atom stereocenters. The Morgan fingerprint density at radius 1 is 1.58 bits per heavy atom. The first-order chi connectivity index (χ1) is 8.91. The normalized spacial score (nSPS) is 24.8. The van der Waals surface area contributed by atoms with Crippen LogP contribution in [0.15, 0.2) is 6.07 Å². The summed E-state index contributed by atoms with van der Waals surface area (Å²) < 4.78 is 7.41. The topological polar surface area (TPSA) is 50.0 Å². The van der Waals surface area contributed by atoms with Crippen LogP contribution in [0.1, 0.15) is 37.2 Å². The van der Waals surface area contributed by atoms with Gasteiger partial charge in [-0.15, -0.1) is 0 Å². The Morgan fingerprint density at radius 2 is 2.26 bits per heavy atom. The van der Waals surface area contributed by atoms with E-state index in [4.69, 9.17) is 10.00 Å². The van der Waals surface area contributed by atoms with Crippen molar-refractivity contribution in [2.24, 2.45) is 12.5 Å². The fourth-order valence-corrected chi connectivity index (χ4v) is 2.91. The van der Waals surface area contributed by atoms with Crippen molar-refractivity contribution in [3.8, 4) is 6.07 Å². The van der Waals surface area contributed by atoms with E-state index in [1.807, 2.05) is 17.7 Å². The summed E-state index contributed by atoms with van der Waals surface area (Å²) in [6.07, 6.45) is 1.40. The molecule has 0 aromatic carbocycles. The van der Waals surface area contributed by atoms with Gasteiger partial charge in [0.25, 0.3) is 0 Å². The zero-order valence-electron chi connectivity index (χ0n) is 12.4. The fourth-order valence-electron chi connectivity index (χ4n) is 2.91. The molecule has 1 aliphatic rings. The van der Waals surface area contributed by atoms with Gasteiger partial charge in [0.15, 0.2) is 0 Å². The van der Waals surface area contributed by atoms with Crippen molar-refractivity contribution in [1.82, 2.24) is 9.88 Å². The predicted molar refractivity (Wildman–Crippen MR) is 74.7 cm³/mol. The molecule has 2 rings (SSSR count). The number of aromatic nitrogens is 1. The summed E-state index contributed by atoms with van der Waals surface area (Å²) >= 11 is 0. The number of ether oxygens (including phenoxy) is 1. The molecule has 1 aromatic rings. The lowest BCUT2D eigenvalue weighted by Crippen LogP contribution is -2.60. The number of hydrogen-bond acceptors (Lipinski definition) is 3. The molecular formula is C15H23N3O. The summed E-state index contributed by atoms with van der Waals surface area (Å²) in [4.78, 5) is 0. The first-order valence-corrected chi connectivity index (χ1v) is 6.73. The average molecular weight is 261 g/mol. The first kappa shape index (κ1) is 14.1. The Morgan fingerprint density at radius 3 is 2.74 bits per heavy atom. The van der Waals surface area contributed by atoms with Crippen molar-refractivity contribution < 1.29 is 4.74 Å². The highest BCUT2D eigenvalue weighted by atomic mass is 16.5. The van der Waals surface area contributed by atoms with E-state index >= 15 is 0 Å². The lowest BCUT2D eigenvalue weighted by molar-refractivity contribution is -0.0979. The minimum absolute atomic E-state index is 0.176. The molecule has 0 aliphatic heterocycles. The molecule has 1 aliphatic carbocycles. The second-order valence-electron chi connectivity index (χ2n) is 6.03. The quantitative estimate of drug-likeness (QED) is 0.903. The van der Waals surface area contributed by atoms with E-state index in [-0.39, 0.29) is 5.41 Å². The Hall–Kier alpha value is -1.31. The highest BCUT2D eigenvalue weighted by molar-refractivity contribution is 5.34. The molecule has 1 heterocycles. The van der Waals surface area contributed by atoms with Gasteiger partial charge in [-0.3, -0.25) is 0 Å². The van der Waals surface area contributed by atoms with Gasteiger partial charge < -0.3 is 14.6 Å². The summed E-state index contributed by atoms with van der Waals surface area (Å²) in [7, 11) is 3.72. The molecule has 2 unspecified atom stereocenters. The molecule has 0 radical (unpaired) electrons. The summed E-state index contributed by atoms with van der Waals surface area (Å²) in [6.45, 7) is 7.34. The molecular weight excluding hydrogens is 238 g/mol. The van der Waals surface area contributed by atoms with E-state index in [9.17, 15) is 0 Å². The number of hydrogen-bond donors (Lipinski definition) is 1. The van der Waals surface area contributed by atoms with E-state index in [1.165, 1.54) is 5.56 Å². The molecule has 1 fully saturated rings. The van der Waals surface area contributed by atoms with Gasteiger partial charge in [-0.05, 0) is 25.0 Å². The second-order valence-corrected chi connectivity index (χ2v) is 6.03. The zero-order valence-corrected chi connectivity index (χ0v) is 12.4. The molecule has 1 saturated carbocycles. The zero-order chi connectivity index (χ0) is 14.2. The van der Waals surface area contributed by atoms with Crippen molar-refractivity contribution in [3.63, 3.8) is 0 Å². The molecule has 0 spiro atoms. The van der Waals surface area contributed by atoms with E-state index in [0.29, 0.717) is 12.1 Å². The van der Waals surface area contributed by atoms with Crippen LogP contribution >= 0.6 is 0 Å². The van der Waals surface area contributed by atoms with Crippen molar-refractivity contribution in [2.45, 2.75) is 45.9 Å². The SMILES string of the molecule is COC1CC(NCc2cc(C#N)n(C)c2C)C1(C)C. The number of nitriles is 1. The number of nitrogens with one attached hydrogen (secondary N) is 1. The Kier molecular flexibility index (Phi) is 3.71. The lowest BCUT2D eigenvalue weighted by Gasteiger charge is -2.51. The van der Waals surface area contributed by atoms with Crippen molar-refractivity contribution >= 4 is 0 Å². The minimum atomic E-state index is 0.176. The summed E-state index contributed by atoms with van der Waals surface area (Å²) in [6, 6.07) is 4.67. The average Bonchev–Trinajstić information content (AvgIpc) is 2.65. The van der Waals surface area contributed by atoms with Gasteiger partial charge in [0.1, 0.15) is 11.8 Å². The molecule has 0 bridgehead atoms. The predicted octanol–water partition coefficient (Wildman–Crippen LogP) is 2.11. The van der Waals surface area contributed by atoms with Crippen LogP contribution in [-0.4, -0.2) is 23.8 Å². The Balaban J connectivity index is 2.00. The van der Waals surface area contributed by atoms with Crippen LogP contribution in [0, 0.1) is 23.7 Å². The Bertz CT molecular complexity index is 510. The second kappa shape index (κ2) is 4.99. The third-order valence-corrected chi connectivity index (χ3v) is 4.76. The highest BCUT2D eigenvalue weighted by Gasteiger charge is 2.48. The summed E-state index contributed by atoms with van der Waals surface area (Å²) in [5.41, 5.74) is 3.26. The van der Waals surface area contributed by atoms with Crippen molar-refractivity contribution in [1.29, 1.82) is 5.26 Å². The molecule has 0 amide bonds. The monoisotopic (exact) mass is 261 g/mol. The number of nitrogens with zero attached hydrogens (tertiary/aromatic N) is 2. The van der Waals surface area contributed by atoms with E-state index in [0.717, 1.165) is 24.4 Å². The molecule has 1 aromatic heterocycles. The van der Waals surface area contributed by atoms with Gasteiger partial charge in [0, 0.05) is 37.9 Å². The summed E-state index contributed by atoms with van der Waals surface area (Å²) in [5.74, 6) is 0. The van der Waals surface area contributed by atoms with E-state index in [2.05, 4.69) is 32.2 Å². The maximum atomic E-state index is 9.03. The van der Waals surface area contributed by atoms with Crippen LogP contribution in [0.25, 0.3) is 0 Å². The maximum absolute atomic E-state index is 9.03. The standard InChI is InChI=1S/C15H23N3O/c1-10-11(6-12(8-16)18(10)4)9-17-13-7-14(19-5)15(13,2)3/h6,13-14,17H,7,9H2,1-5H3. The number of methoxy groups -OCH3 is 1. The van der Waals surface area contributed by atoms with Gasteiger partial charge in [-0.1, -0.05) is 13.8 Å². The largest absolute Gasteiger partial charge is 0.381 e. The molecule has 1 N–H and O–H groups in total. The summed E-state index contributed by atoms with van der Waals surface area (Å²) in [5, 5.41) is 12.6. The van der Waals surface area contributed by atoms with Crippen LogP contribution in [0.3, 0.4) is 0 Å². The van der Waals surface area contributed by atoms with Crippen LogP contribution in [0.5, 0.6) is 0 Å². The lowest BCUT2D eigenvalue weighted by atomic mass is 9.64. The maximum Gasteiger partial charge on any atom is 0.120 e. The molecule has 19 heavy (non-hydrogen) atoms. The van der Waals surface area contributed by atoms with Crippen LogP contribution < -0.4 is 5.32 Å². The van der Waals surface area contributed by atoms with Gasteiger partial charge in [0.2, 0.25) is 0 Å². The Labute approximate surface area is 115 Å².